The molecule has 0 aliphatic heterocycles. The lowest BCUT2D eigenvalue weighted by Gasteiger charge is -2.04. The summed E-state index contributed by atoms with van der Waals surface area (Å²) >= 11 is 0. The molecule has 10 heavy (non-hydrogen) atoms. The van der Waals surface area contributed by atoms with Crippen LogP contribution in [-0.4, -0.2) is 19.9 Å². The summed E-state index contributed by atoms with van der Waals surface area (Å²) in [5, 5.41) is -3.59. The summed E-state index contributed by atoms with van der Waals surface area (Å²) in [6.07, 6.45) is 0.493. The Bertz CT molecular complexity index is 167. The molecule has 0 saturated carbocycles. The Morgan fingerprint density at radius 2 is 1.30 bits per heavy atom. The van der Waals surface area contributed by atoms with Crippen LogP contribution in [0.1, 0.15) is 21.8 Å². The predicted molar refractivity (Wildman–Crippen MR) is 38.9 cm³/mol. The monoisotopic (exact) mass is 176 g/mol. The average molecular weight is 176 g/mol. The van der Waals surface area contributed by atoms with E-state index in [0.717, 1.165) is 0 Å². The summed E-state index contributed by atoms with van der Waals surface area (Å²) in [4.78, 5) is 0. The van der Waals surface area contributed by atoms with E-state index in [1.54, 1.807) is 0 Å². The summed E-state index contributed by atoms with van der Waals surface area (Å²) < 4.78 is 43.1. The van der Waals surface area contributed by atoms with Crippen LogP contribution in [0.5, 0.6) is 0 Å². The maximum atomic E-state index is 11.6. The van der Waals surface area contributed by atoms with Gasteiger partial charge in [0.15, 0.2) is 0 Å². The van der Waals surface area contributed by atoms with Gasteiger partial charge in [-0.2, -0.15) is 8.78 Å². The number of hydrogen-bond acceptors (Lipinski definition) is 2. The minimum atomic E-state index is -4.17. The van der Waals surface area contributed by atoms with E-state index in [1.165, 1.54) is 0 Å². The number of hydrogen-bond donors (Lipinski definition) is 0. The van der Waals surface area contributed by atoms with Crippen molar-refractivity contribution in [1.29, 1.82) is 0 Å². The molecule has 0 atom stereocenters. The summed E-state index contributed by atoms with van der Waals surface area (Å²) in [6.45, 7) is 0.350. The van der Waals surface area contributed by atoms with E-state index < -0.39 is 15.1 Å². The van der Waals surface area contributed by atoms with Gasteiger partial charge in [0.05, 0.1) is 0 Å². The summed E-state index contributed by atoms with van der Waals surface area (Å²) in [6, 6.07) is 0. The third kappa shape index (κ3) is 4.67. The fourth-order valence-electron chi connectivity index (χ4n) is 0. The maximum Gasteiger partial charge on any atom is 0.342 e. The molecule has 0 bridgehead atoms. The average Bonchev–Trinajstić information content (AvgIpc) is 1.25. The predicted octanol–water partition coefficient (Wildman–Crippen LogP) is 1.92. The van der Waals surface area contributed by atoms with Crippen molar-refractivity contribution in [2.45, 2.75) is 27.0 Å². The summed E-state index contributed by atoms with van der Waals surface area (Å²) in [5.41, 5.74) is 0. The topological polar surface area (TPSA) is 34.1 Å². The van der Waals surface area contributed by atoms with E-state index in [4.69, 9.17) is 0 Å². The van der Waals surface area contributed by atoms with Crippen LogP contribution in [0.3, 0.4) is 0 Å². The van der Waals surface area contributed by atoms with Crippen molar-refractivity contribution >= 4 is 9.84 Å². The Morgan fingerprint density at radius 1 is 1.20 bits per heavy atom. The molecule has 66 valence electrons. The molecule has 0 saturated heterocycles. The first-order valence-electron chi connectivity index (χ1n) is 1.82. The zero-order valence-electron chi connectivity index (χ0n) is 4.48. The minimum absolute atomic E-state index is 0. The van der Waals surface area contributed by atoms with Crippen LogP contribution in [0, 0.1) is 0 Å². The second-order valence-corrected chi connectivity index (χ2v) is 3.84. The second-order valence-electron chi connectivity index (χ2n) is 1.58. The fourth-order valence-corrected chi connectivity index (χ4v) is 0. The third-order valence-electron chi connectivity index (χ3n) is 0.651. The highest BCUT2D eigenvalue weighted by Gasteiger charge is 2.34. The molecule has 0 aromatic rings. The van der Waals surface area contributed by atoms with E-state index in [1.807, 2.05) is 0 Å². The van der Waals surface area contributed by atoms with Gasteiger partial charge in [-0.3, -0.25) is 0 Å². The van der Waals surface area contributed by atoms with Crippen molar-refractivity contribution < 1.29 is 17.2 Å². The SMILES string of the molecule is C.C.CC(F)(F)S(C)(=O)=O. The molecule has 0 aromatic carbocycles. The molecule has 2 nitrogen and oxygen atoms in total. The minimum Gasteiger partial charge on any atom is -0.223 e. The standard InChI is InChI=1S/C3H6F2O2S.2CH4/c1-3(4,5)8(2,6)7;;/h1-2H3;2*1H4. The molecule has 0 N–H and O–H groups in total. The van der Waals surface area contributed by atoms with Crippen molar-refractivity contribution in [1.82, 2.24) is 0 Å². The van der Waals surface area contributed by atoms with Crippen molar-refractivity contribution in [2.75, 3.05) is 6.26 Å². The molecule has 0 radical (unpaired) electrons. The first-order valence-corrected chi connectivity index (χ1v) is 3.72. The van der Waals surface area contributed by atoms with E-state index >= 15 is 0 Å². The van der Waals surface area contributed by atoms with Crippen LogP contribution < -0.4 is 0 Å². The van der Waals surface area contributed by atoms with E-state index in [2.05, 4.69) is 0 Å². The van der Waals surface area contributed by atoms with Crippen LogP contribution in [0.25, 0.3) is 0 Å². The van der Waals surface area contributed by atoms with Gasteiger partial charge in [0.1, 0.15) is 0 Å². The molecule has 0 rings (SSSR count). The quantitative estimate of drug-likeness (QED) is 0.611. The highest BCUT2D eigenvalue weighted by molar-refractivity contribution is 7.91. The zero-order chi connectivity index (χ0) is 7.00. The van der Waals surface area contributed by atoms with Gasteiger partial charge >= 0.3 is 5.25 Å². The van der Waals surface area contributed by atoms with Gasteiger partial charge in [0.25, 0.3) is 0 Å². The summed E-state index contributed by atoms with van der Waals surface area (Å²) in [7, 11) is -4.17. The number of rotatable bonds is 1. The van der Waals surface area contributed by atoms with Crippen molar-refractivity contribution in [3.8, 4) is 0 Å². The van der Waals surface area contributed by atoms with Gasteiger partial charge in [-0.25, -0.2) is 8.42 Å². The molecule has 0 aliphatic rings. The molecule has 0 unspecified atom stereocenters. The van der Waals surface area contributed by atoms with E-state index in [-0.39, 0.29) is 14.9 Å². The van der Waals surface area contributed by atoms with Gasteiger partial charge in [-0.05, 0) is 0 Å². The van der Waals surface area contributed by atoms with Gasteiger partial charge in [0, 0.05) is 13.2 Å². The van der Waals surface area contributed by atoms with Crippen LogP contribution in [0.15, 0.2) is 0 Å². The highest BCUT2D eigenvalue weighted by atomic mass is 32.2. The molecule has 0 aromatic heterocycles. The smallest absolute Gasteiger partial charge is 0.223 e. The Balaban J connectivity index is -0.000000245. The number of sulfone groups is 1. The maximum absolute atomic E-state index is 11.6. The van der Waals surface area contributed by atoms with Gasteiger partial charge < -0.3 is 0 Å². The lowest BCUT2D eigenvalue weighted by Crippen LogP contribution is -2.22. The van der Waals surface area contributed by atoms with E-state index in [9.17, 15) is 17.2 Å². The first-order chi connectivity index (χ1) is 3.25. The molecular formula is C5H14F2O2S. The number of halogens is 2. The molecule has 0 heterocycles. The molecule has 0 spiro atoms. The van der Waals surface area contributed by atoms with Crippen LogP contribution >= 0.6 is 0 Å². The van der Waals surface area contributed by atoms with Gasteiger partial charge in [-0.15, -0.1) is 0 Å². The largest absolute Gasteiger partial charge is 0.342 e. The Hall–Kier alpha value is -0.190. The van der Waals surface area contributed by atoms with Crippen LogP contribution in [0.2, 0.25) is 0 Å². The van der Waals surface area contributed by atoms with Crippen LogP contribution in [0.4, 0.5) is 8.78 Å². The molecular weight excluding hydrogens is 162 g/mol. The normalized spacial score (nSPS) is 11.2. The van der Waals surface area contributed by atoms with Crippen molar-refractivity contribution in [3.63, 3.8) is 0 Å². The Kier molecular flexibility index (Phi) is 6.33. The third-order valence-corrected chi connectivity index (χ3v) is 1.95. The van der Waals surface area contributed by atoms with Crippen molar-refractivity contribution in [2.24, 2.45) is 0 Å². The Labute approximate surface area is 61.2 Å². The fraction of sp³-hybridized carbons (Fsp3) is 1.00. The number of alkyl halides is 2. The van der Waals surface area contributed by atoms with E-state index in [0.29, 0.717) is 13.2 Å². The lowest BCUT2D eigenvalue weighted by molar-refractivity contribution is 0.115. The van der Waals surface area contributed by atoms with Gasteiger partial charge in [0.2, 0.25) is 9.84 Å². The zero-order valence-corrected chi connectivity index (χ0v) is 5.30. The first kappa shape index (κ1) is 16.4. The lowest BCUT2D eigenvalue weighted by atomic mass is 10.9. The molecule has 0 aliphatic carbocycles. The summed E-state index contributed by atoms with van der Waals surface area (Å²) in [5.74, 6) is 0. The Morgan fingerprint density at radius 3 is 1.30 bits per heavy atom. The second kappa shape index (κ2) is 3.85. The van der Waals surface area contributed by atoms with Crippen LogP contribution in [-0.2, 0) is 9.84 Å². The highest BCUT2D eigenvalue weighted by Crippen LogP contribution is 2.17. The molecule has 0 fully saturated rings. The molecule has 5 heteroatoms. The molecule has 0 amide bonds. The van der Waals surface area contributed by atoms with Crippen molar-refractivity contribution in [3.05, 3.63) is 0 Å². The van der Waals surface area contributed by atoms with Gasteiger partial charge in [-0.1, -0.05) is 14.9 Å².